The first kappa shape index (κ1) is 11.5. The summed E-state index contributed by atoms with van der Waals surface area (Å²) in [4.78, 5) is 4.25. The second kappa shape index (κ2) is 4.28. The van der Waals surface area contributed by atoms with Gasteiger partial charge in [0.25, 0.3) is 0 Å². The normalized spacial score (nSPS) is 22.8. The summed E-state index contributed by atoms with van der Waals surface area (Å²) in [7, 11) is 0. The molecule has 0 saturated heterocycles. The van der Waals surface area contributed by atoms with Crippen LogP contribution in [0.5, 0.6) is 0 Å². The Balaban J connectivity index is 1.95. The Kier molecular flexibility index (Phi) is 2.74. The number of fused-ring (bicyclic) bond motifs is 1. The molecule has 0 spiro atoms. The molecule has 5 heteroatoms. The van der Waals surface area contributed by atoms with E-state index in [1.54, 1.807) is 0 Å². The van der Waals surface area contributed by atoms with Gasteiger partial charge in [-0.1, -0.05) is 30.7 Å². The molecule has 18 heavy (non-hydrogen) atoms. The monoisotopic (exact) mass is 262 g/mol. The van der Waals surface area contributed by atoms with Crippen molar-refractivity contribution in [2.24, 2.45) is 5.92 Å². The third-order valence-corrected chi connectivity index (χ3v) is 3.84. The number of nitrogens with two attached hydrogens (primary N) is 1. The molecule has 2 heterocycles. The van der Waals surface area contributed by atoms with E-state index >= 15 is 0 Å². The van der Waals surface area contributed by atoms with E-state index in [1.807, 2.05) is 22.9 Å². The molecule has 2 unspecified atom stereocenters. The summed E-state index contributed by atoms with van der Waals surface area (Å²) in [5.41, 5.74) is 6.91. The van der Waals surface area contributed by atoms with Crippen LogP contribution < -0.4 is 5.73 Å². The average Bonchev–Trinajstić information content (AvgIpc) is 2.67. The maximum absolute atomic E-state index is 6.06. The number of rotatable bonds is 1. The van der Waals surface area contributed by atoms with Gasteiger partial charge in [-0.05, 0) is 23.6 Å². The van der Waals surface area contributed by atoms with E-state index < -0.39 is 0 Å². The largest absolute Gasteiger partial charge is 0.366 e. The molecule has 0 amide bonds. The highest BCUT2D eigenvalue weighted by molar-refractivity contribution is 6.30. The molecular formula is C13H15ClN4. The van der Waals surface area contributed by atoms with E-state index in [0.29, 0.717) is 17.8 Å². The van der Waals surface area contributed by atoms with E-state index in [9.17, 15) is 0 Å². The van der Waals surface area contributed by atoms with Crippen LogP contribution in [0.4, 0.5) is 5.95 Å². The van der Waals surface area contributed by atoms with Crippen molar-refractivity contribution in [3.8, 4) is 0 Å². The molecule has 0 bridgehead atoms. The quantitative estimate of drug-likeness (QED) is 0.859. The third kappa shape index (κ3) is 1.97. The van der Waals surface area contributed by atoms with Gasteiger partial charge in [0.15, 0.2) is 0 Å². The fourth-order valence-corrected chi connectivity index (χ4v) is 2.86. The molecule has 0 saturated carbocycles. The maximum Gasteiger partial charge on any atom is 0.239 e. The second-order valence-corrected chi connectivity index (χ2v) is 5.35. The molecule has 1 aliphatic heterocycles. The van der Waals surface area contributed by atoms with Crippen molar-refractivity contribution in [2.45, 2.75) is 25.8 Å². The summed E-state index contributed by atoms with van der Waals surface area (Å²) in [5.74, 6) is 2.28. The second-order valence-electron chi connectivity index (χ2n) is 4.91. The van der Waals surface area contributed by atoms with Crippen molar-refractivity contribution in [1.82, 2.24) is 14.8 Å². The van der Waals surface area contributed by atoms with Gasteiger partial charge in [0.1, 0.15) is 5.82 Å². The van der Waals surface area contributed by atoms with Crippen molar-refractivity contribution >= 4 is 17.5 Å². The molecular weight excluding hydrogens is 248 g/mol. The Morgan fingerprint density at radius 1 is 1.44 bits per heavy atom. The summed E-state index contributed by atoms with van der Waals surface area (Å²) in [6.07, 6.45) is 0.904. The van der Waals surface area contributed by atoms with Gasteiger partial charge in [0.2, 0.25) is 5.95 Å². The van der Waals surface area contributed by atoms with Gasteiger partial charge in [-0.3, -0.25) is 0 Å². The van der Waals surface area contributed by atoms with Crippen LogP contribution >= 0.6 is 11.6 Å². The summed E-state index contributed by atoms with van der Waals surface area (Å²) in [5, 5.41) is 5.02. The molecule has 0 radical (unpaired) electrons. The topological polar surface area (TPSA) is 56.7 Å². The highest BCUT2D eigenvalue weighted by Crippen LogP contribution is 2.33. The van der Waals surface area contributed by atoms with E-state index in [0.717, 1.165) is 23.8 Å². The van der Waals surface area contributed by atoms with E-state index in [-0.39, 0.29) is 0 Å². The van der Waals surface area contributed by atoms with Crippen molar-refractivity contribution in [2.75, 3.05) is 5.73 Å². The molecule has 4 nitrogen and oxygen atoms in total. The molecule has 1 aromatic heterocycles. The van der Waals surface area contributed by atoms with E-state index in [2.05, 4.69) is 23.1 Å². The maximum atomic E-state index is 6.06. The number of hydrogen-bond acceptors (Lipinski definition) is 3. The van der Waals surface area contributed by atoms with Gasteiger partial charge in [0.05, 0.1) is 6.54 Å². The first-order chi connectivity index (χ1) is 8.63. The number of aromatic nitrogens is 3. The van der Waals surface area contributed by atoms with Crippen molar-refractivity contribution < 1.29 is 0 Å². The number of benzene rings is 1. The summed E-state index contributed by atoms with van der Waals surface area (Å²) in [6.45, 7) is 3.06. The molecule has 3 rings (SSSR count). The van der Waals surface area contributed by atoms with Gasteiger partial charge in [-0.15, -0.1) is 5.10 Å². The SMILES string of the molecule is CC1Cc2nc(N)nn2CC1c1cccc(Cl)c1. The smallest absolute Gasteiger partial charge is 0.239 e. The summed E-state index contributed by atoms with van der Waals surface area (Å²) < 4.78 is 1.92. The molecule has 0 aliphatic carbocycles. The van der Waals surface area contributed by atoms with Crippen LogP contribution in [-0.4, -0.2) is 14.8 Å². The van der Waals surface area contributed by atoms with Crippen LogP contribution in [-0.2, 0) is 13.0 Å². The Labute approximate surface area is 111 Å². The van der Waals surface area contributed by atoms with Crippen molar-refractivity contribution in [1.29, 1.82) is 0 Å². The Morgan fingerprint density at radius 3 is 3.06 bits per heavy atom. The number of hydrogen-bond donors (Lipinski definition) is 1. The van der Waals surface area contributed by atoms with Crippen LogP contribution in [0.1, 0.15) is 24.2 Å². The van der Waals surface area contributed by atoms with Gasteiger partial charge < -0.3 is 5.73 Å². The van der Waals surface area contributed by atoms with Crippen molar-refractivity contribution in [3.63, 3.8) is 0 Å². The van der Waals surface area contributed by atoms with Crippen molar-refractivity contribution in [3.05, 3.63) is 40.7 Å². The minimum atomic E-state index is 0.365. The highest BCUT2D eigenvalue weighted by atomic mass is 35.5. The zero-order chi connectivity index (χ0) is 12.7. The molecule has 1 aromatic carbocycles. The number of halogens is 1. The lowest BCUT2D eigenvalue weighted by molar-refractivity contribution is 0.330. The number of anilines is 1. The molecule has 2 aromatic rings. The standard InChI is InChI=1S/C13H15ClN4/c1-8-5-12-16-13(15)17-18(12)7-11(8)9-3-2-4-10(14)6-9/h2-4,6,8,11H,5,7H2,1H3,(H2,15,17). The molecule has 0 fully saturated rings. The first-order valence-electron chi connectivity index (χ1n) is 6.08. The van der Waals surface area contributed by atoms with Crippen LogP contribution in [0.15, 0.2) is 24.3 Å². The molecule has 1 aliphatic rings. The zero-order valence-electron chi connectivity index (χ0n) is 10.2. The predicted octanol–water partition coefficient (Wildman–Crippen LogP) is 2.49. The van der Waals surface area contributed by atoms with Crippen LogP contribution in [0.2, 0.25) is 5.02 Å². The summed E-state index contributed by atoms with van der Waals surface area (Å²) in [6, 6.07) is 8.05. The fraction of sp³-hybridized carbons (Fsp3) is 0.385. The lowest BCUT2D eigenvalue weighted by atomic mass is 9.83. The average molecular weight is 263 g/mol. The lowest BCUT2D eigenvalue weighted by Crippen LogP contribution is -2.27. The van der Waals surface area contributed by atoms with E-state index in [4.69, 9.17) is 17.3 Å². The van der Waals surface area contributed by atoms with Gasteiger partial charge >= 0.3 is 0 Å². The first-order valence-corrected chi connectivity index (χ1v) is 6.46. The minimum Gasteiger partial charge on any atom is -0.366 e. The van der Waals surface area contributed by atoms with Gasteiger partial charge in [0, 0.05) is 17.4 Å². The highest BCUT2D eigenvalue weighted by Gasteiger charge is 2.28. The Bertz CT molecular complexity index is 578. The lowest BCUT2D eigenvalue weighted by Gasteiger charge is -2.29. The van der Waals surface area contributed by atoms with Crippen LogP contribution in [0.25, 0.3) is 0 Å². The van der Waals surface area contributed by atoms with Gasteiger partial charge in [-0.25, -0.2) is 4.68 Å². The minimum absolute atomic E-state index is 0.365. The fourth-order valence-electron chi connectivity index (χ4n) is 2.66. The van der Waals surface area contributed by atoms with Gasteiger partial charge in [-0.2, -0.15) is 4.98 Å². The van der Waals surface area contributed by atoms with E-state index in [1.165, 1.54) is 5.56 Å². The Hall–Kier alpha value is -1.55. The Morgan fingerprint density at radius 2 is 2.28 bits per heavy atom. The molecule has 2 N–H and O–H groups in total. The predicted molar refractivity (Wildman–Crippen MR) is 71.5 cm³/mol. The van der Waals surface area contributed by atoms with Crippen LogP contribution in [0.3, 0.4) is 0 Å². The molecule has 94 valence electrons. The van der Waals surface area contributed by atoms with Crippen LogP contribution in [0, 0.1) is 5.92 Å². The zero-order valence-corrected chi connectivity index (χ0v) is 10.9. The molecule has 2 atom stereocenters. The third-order valence-electron chi connectivity index (χ3n) is 3.60. The number of nitrogens with zero attached hydrogens (tertiary/aromatic N) is 3. The summed E-state index contributed by atoms with van der Waals surface area (Å²) >= 11 is 6.06. The number of nitrogen functional groups attached to an aromatic ring is 1.